The number of ether oxygens (including phenoxy) is 3. The summed E-state index contributed by atoms with van der Waals surface area (Å²) in [5.41, 5.74) is -1.23. The van der Waals surface area contributed by atoms with Crippen molar-refractivity contribution in [3.8, 4) is 11.5 Å². The quantitative estimate of drug-likeness (QED) is 0.274. The lowest BCUT2D eigenvalue weighted by atomic mass is 9.78. The van der Waals surface area contributed by atoms with E-state index < -0.39 is 47.2 Å². The van der Waals surface area contributed by atoms with Gasteiger partial charge in [-0.2, -0.15) is 13.2 Å². The standard InChI is InChI=1S/C27H27F3O8/c1-13-7-14(2)23(20(8-13)38-25-24(34)18(31)12-35-25)26(3,4)11-22(33)36-15-5-6-16-17(27(28,29)30)10-21(32)37-19(16)9-15/h5-10,18,24-25,31,34H,11-12H2,1-4H3. The molecule has 0 radical (unpaired) electrons. The average Bonchev–Trinajstić information content (AvgIpc) is 3.08. The Morgan fingerprint density at radius 1 is 1.11 bits per heavy atom. The van der Waals surface area contributed by atoms with Crippen LogP contribution in [0.25, 0.3) is 11.0 Å². The Balaban J connectivity index is 1.58. The molecule has 1 aromatic heterocycles. The lowest BCUT2D eigenvalue weighted by Crippen LogP contribution is -2.35. The molecule has 0 bridgehead atoms. The van der Waals surface area contributed by atoms with Gasteiger partial charge in [0.25, 0.3) is 0 Å². The molecule has 1 fully saturated rings. The maximum absolute atomic E-state index is 13.3. The minimum Gasteiger partial charge on any atom is -0.462 e. The third kappa shape index (κ3) is 5.69. The number of rotatable bonds is 6. The lowest BCUT2D eigenvalue weighted by Gasteiger charge is -2.30. The maximum Gasteiger partial charge on any atom is 0.417 e. The van der Waals surface area contributed by atoms with Gasteiger partial charge in [0, 0.05) is 28.5 Å². The predicted octanol–water partition coefficient (Wildman–Crippen LogP) is 4.16. The SMILES string of the molecule is Cc1cc(C)c(C(C)(C)CC(=O)Oc2ccc3c(C(F)(F)F)cc(=O)oc3c2)c(OC2OCC(O)C2O)c1. The third-order valence-corrected chi connectivity index (χ3v) is 6.31. The number of alkyl halides is 3. The number of esters is 1. The summed E-state index contributed by atoms with van der Waals surface area (Å²) in [5, 5.41) is 19.6. The number of carbonyl (C=O) groups is 1. The van der Waals surface area contributed by atoms with Crippen LogP contribution in [0.15, 0.2) is 45.6 Å². The van der Waals surface area contributed by atoms with Crippen molar-refractivity contribution in [1.29, 1.82) is 0 Å². The van der Waals surface area contributed by atoms with Crippen molar-refractivity contribution in [3.05, 3.63) is 69.1 Å². The number of benzene rings is 2. The van der Waals surface area contributed by atoms with Crippen LogP contribution >= 0.6 is 0 Å². The van der Waals surface area contributed by atoms with Crippen molar-refractivity contribution in [2.24, 2.45) is 0 Å². The molecule has 2 heterocycles. The van der Waals surface area contributed by atoms with Gasteiger partial charge >= 0.3 is 17.8 Å². The molecule has 4 rings (SSSR count). The Morgan fingerprint density at radius 2 is 1.82 bits per heavy atom. The monoisotopic (exact) mass is 536 g/mol. The first-order valence-corrected chi connectivity index (χ1v) is 11.8. The molecular weight excluding hydrogens is 509 g/mol. The number of aliphatic hydroxyl groups is 2. The summed E-state index contributed by atoms with van der Waals surface area (Å²) in [6, 6.07) is 7.34. The summed E-state index contributed by atoms with van der Waals surface area (Å²) >= 11 is 0. The first-order valence-electron chi connectivity index (χ1n) is 11.8. The molecule has 0 amide bonds. The van der Waals surface area contributed by atoms with E-state index in [1.165, 1.54) is 6.07 Å². The fourth-order valence-electron chi connectivity index (χ4n) is 4.75. The second-order valence-corrected chi connectivity index (χ2v) is 10.0. The van der Waals surface area contributed by atoms with Gasteiger partial charge in [0.05, 0.1) is 18.6 Å². The van der Waals surface area contributed by atoms with Gasteiger partial charge < -0.3 is 28.8 Å². The zero-order valence-corrected chi connectivity index (χ0v) is 21.1. The van der Waals surface area contributed by atoms with Gasteiger partial charge in [-0.1, -0.05) is 19.9 Å². The largest absolute Gasteiger partial charge is 0.462 e. The number of aryl methyl sites for hydroxylation is 2. The first-order chi connectivity index (χ1) is 17.7. The molecule has 3 unspecified atom stereocenters. The maximum atomic E-state index is 13.3. The van der Waals surface area contributed by atoms with E-state index in [1.54, 1.807) is 19.9 Å². The highest BCUT2D eigenvalue weighted by molar-refractivity contribution is 5.83. The zero-order chi connectivity index (χ0) is 28.0. The predicted molar refractivity (Wildman–Crippen MR) is 129 cm³/mol. The van der Waals surface area contributed by atoms with Crippen molar-refractivity contribution in [2.45, 2.75) is 64.2 Å². The van der Waals surface area contributed by atoms with Gasteiger partial charge in [-0.25, -0.2) is 4.79 Å². The summed E-state index contributed by atoms with van der Waals surface area (Å²) in [5.74, 6) is -0.415. The van der Waals surface area contributed by atoms with Crippen LogP contribution in [0.2, 0.25) is 0 Å². The van der Waals surface area contributed by atoms with Gasteiger partial charge in [-0.3, -0.25) is 4.79 Å². The molecule has 1 saturated heterocycles. The van der Waals surface area contributed by atoms with E-state index in [2.05, 4.69) is 0 Å². The Labute approximate surface area is 215 Å². The van der Waals surface area contributed by atoms with Crippen LogP contribution < -0.4 is 15.1 Å². The Morgan fingerprint density at radius 3 is 2.45 bits per heavy atom. The van der Waals surface area contributed by atoms with Crippen molar-refractivity contribution in [2.75, 3.05) is 6.61 Å². The number of carbonyl (C=O) groups excluding carboxylic acids is 1. The highest BCUT2D eigenvalue weighted by Gasteiger charge is 2.38. The van der Waals surface area contributed by atoms with Gasteiger partial charge in [0.1, 0.15) is 29.3 Å². The van der Waals surface area contributed by atoms with E-state index in [0.29, 0.717) is 17.4 Å². The molecule has 11 heteroatoms. The highest BCUT2D eigenvalue weighted by atomic mass is 19.4. The Hall–Kier alpha value is -3.41. The van der Waals surface area contributed by atoms with E-state index in [-0.39, 0.29) is 29.7 Å². The molecule has 1 aliphatic rings. The summed E-state index contributed by atoms with van der Waals surface area (Å²) in [6.07, 6.45) is -8.35. The summed E-state index contributed by atoms with van der Waals surface area (Å²) in [7, 11) is 0. The van der Waals surface area contributed by atoms with Crippen LogP contribution in [0.1, 0.15) is 42.5 Å². The molecule has 3 atom stereocenters. The fraction of sp³-hybridized carbons (Fsp3) is 0.407. The molecule has 1 aliphatic heterocycles. The van der Waals surface area contributed by atoms with E-state index >= 15 is 0 Å². The van der Waals surface area contributed by atoms with Gasteiger partial charge in [0.15, 0.2) is 0 Å². The summed E-state index contributed by atoms with van der Waals surface area (Å²) in [4.78, 5) is 24.6. The first kappa shape index (κ1) is 27.6. The molecule has 0 saturated carbocycles. The van der Waals surface area contributed by atoms with Crippen LogP contribution in [0, 0.1) is 13.8 Å². The molecule has 8 nitrogen and oxygen atoms in total. The van der Waals surface area contributed by atoms with E-state index in [4.69, 9.17) is 18.6 Å². The van der Waals surface area contributed by atoms with E-state index in [0.717, 1.165) is 23.3 Å². The molecule has 3 aromatic rings. The second kappa shape index (κ2) is 10.0. The topological polar surface area (TPSA) is 115 Å². The highest BCUT2D eigenvalue weighted by Crippen LogP contribution is 2.40. The van der Waals surface area contributed by atoms with Crippen LogP contribution in [0.3, 0.4) is 0 Å². The van der Waals surface area contributed by atoms with Crippen LogP contribution in [0.5, 0.6) is 11.5 Å². The summed E-state index contributed by atoms with van der Waals surface area (Å²) in [6.45, 7) is 7.18. The van der Waals surface area contributed by atoms with Gasteiger partial charge in [0.2, 0.25) is 6.29 Å². The van der Waals surface area contributed by atoms with Crippen molar-refractivity contribution in [3.63, 3.8) is 0 Å². The minimum absolute atomic E-state index is 0.0853. The van der Waals surface area contributed by atoms with Crippen molar-refractivity contribution >= 4 is 16.9 Å². The Bertz CT molecular complexity index is 1430. The molecular formula is C27H27F3O8. The molecule has 38 heavy (non-hydrogen) atoms. The normalized spacial score (nSPS) is 20.1. The molecule has 0 aliphatic carbocycles. The molecule has 204 valence electrons. The van der Waals surface area contributed by atoms with Crippen molar-refractivity contribution < 1.29 is 46.8 Å². The molecule has 0 spiro atoms. The van der Waals surface area contributed by atoms with Crippen LogP contribution in [0.4, 0.5) is 13.2 Å². The number of hydrogen-bond donors (Lipinski definition) is 2. The number of hydrogen-bond acceptors (Lipinski definition) is 8. The number of aliphatic hydroxyl groups excluding tert-OH is 2. The van der Waals surface area contributed by atoms with Crippen molar-refractivity contribution in [1.82, 2.24) is 0 Å². The number of halogens is 3. The zero-order valence-electron chi connectivity index (χ0n) is 21.1. The minimum atomic E-state index is -4.76. The third-order valence-electron chi connectivity index (χ3n) is 6.31. The van der Waals surface area contributed by atoms with E-state index in [9.17, 15) is 33.0 Å². The average molecular weight is 536 g/mol. The fourth-order valence-corrected chi connectivity index (χ4v) is 4.75. The lowest BCUT2D eigenvalue weighted by molar-refractivity contribution is -0.137. The molecule has 2 N–H and O–H groups in total. The molecule has 2 aromatic carbocycles. The number of fused-ring (bicyclic) bond motifs is 1. The summed E-state index contributed by atoms with van der Waals surface area (Å²) < 4.78 is 61.5. The Kier molecular flexibility index (Phi) is 7.30. The van der Waals surface area contributed by atoms with Crippen LogP contribution in [-0.4, -0.2) is 41.3 Å². The van der Waals surface area contributed by atoms with Crippen LogP contribution in [-0.2, 0) is 21.1 Å². The van der Waals surface area contributed by atoms with E-state index in [1.807, 2.05) is 19.9 Å². The van der Waals surface area contributed by atoms with Gasteiger partial charge in [-0.05, 0) is 43.2 Å². The van der Waals surface area contributed by atoms with Gasteiger partial charge in [-0.15, -0.1) is 0 Å². The second-order valence-electron chi connectivity index (χ2n) is 10.0. The smallest absolute Gasteiger partial charge is 0.417 e.